The Kier molecular flexibility index (Phi) is 10.6. The maximum Gasteiger partial charge on any atom is 0.229 e. The summed E-state index contributed by atoms with van der Waals surface area (Å²) in [6.07, 6.45) is 6.44. The topological polar surface area (TPSA) is 125 Å². The molecule has 0 amide bonds. The van der Waals surface area contributed by atoms with Gasteiger partial charge in [-0.25, -0.2) is 4.98 Å². The number of ether oxygens (including phenoxy) is 1. The normalized spacial score (nSPS) is 16.5. The fourth-order valence-electron chi connectivity index (χ4n) is 6.77. The molecule has 49 heavy (non-hydrogen) atoms. The van der Waals surface area contributed by atoms with Crippen LogP contribution in [0.4, 0.5) is 34.5 Å². The molecule has 0 saturated carbocycles. The molecule has 2 aliphatic heterocycles. The van der Waals surface area contributed by atoms with E-state index in [9.17, 15) is 4.57 Å². The fourth-order valence-corrected chi connectivity index (χ4v) is 8.07. The van der Waals surface area contributed by atoms with E-state index in [4.69, 9.17) is 27.1 Å². The molecule has 0 atom stereocenters. The number of likely N-dealkylation sites (N-methyl/N-ethyl adjacent to an activating group) is 1. The zero-order valence-corrected chi connectivity index (χ0v) is 30.7. The molecule has 0 unspecified atom stereocenters. The number of hydrogen-bond donors (Lipinski definition) is 3. The molecule has 0 spiro atoms. The van der Waals surface area contributed by atoms with E-state index in [0.717, 1.165) is 69.8 Å². The van der Waals surface area contributed by atoms with E-state index in [1.807, 2.05) is 18.2 Å². The van der Waals surface area contributed by atoms with Gasteiger partial charge in [-0.1, -0.05) is 24.6 Å². The van der Waals surface area contributed by atoms with Gasteiger partial charge in [0.05, 0.1) is 36.1 Å². The third-order valence-electron chi connectivity index (χ3n) is 9.57. The average Bonchev–Trinajstić information content (AvgIpc) is 3.10. The number of nitrogen functional groups attached to an aromatic ring is 1. The number of nitrogens with one attached hydrogen (secondary N) is 2. The fraction of sp³-hybridized carbons (Fsp3) is 0.417. The van der Waals surface area contributed by atoms with E-state index in [1.165, 1.54) is 11.3 Å². The van der Waals surface area contributed by atoms with Crippen molar-refractivity contribution in [3.05, 3.63) is 65.4 Å². The lowest BCUT2D eigenvalue weighted by atomic mass is 9.99. The van der Waals surface area contributed by atoms with Crippen molar-refractivity contribution in [1.82, 2.24) is 24.8 Å². The number of piperidine rings is 1. The first kappa shape index (κ1) is 35.0. The van der Waals surface area contributed by atoms with Crippen molar-refractivity contribution in [3.63, 3.8) is 0 Å². The van der Waals surface area contributed by atoms with Gasteiger partial charge in [-0.15, -0.1) is 0 Å². The Labute approximate surface area is 294 Å². The van der Waals surface area contributed by atoms with E-state index in [0.29, 0.717) is 51.0 Å². The molecular formula is C36H47ClN9O2P. The first-order valence-corrected chi connectivity index (χ1v) is 19.9. The summed E-state index contributed by atoms with van der Waals surface area (Å²) < 4.78 is 19.4. The SMILES string of the molecule is CCc1cc(Nc2ncc(Cl)c(Nc3ccc(-c4ncccc4N)cc3P(C)(C)=O)n2)c(OC)cc1N1CCC(N2CCN(C)CC2)CC1. The van der Waals surface area contributed by atoms with Crippen LogP contribution in [-0.4, -0.2) is 97.5 Å². The molecule has 260 valence electrons. The summed E-state index contributed by atoms with van der Waals surface area (Å²) in [5, 5.41) is 7.64. The lowest BCUT2D eigenvalue weighted by Gasteiger charge is -2.43. The summed E-state index contributed by atoms with van der Waals surface area (Å²) >= 11 is 6.60. The molecule has 0 aliphatic carbocycles. The van der Waals surface area contributed by atoms with Crippen molar-refractivity contribution in [2.45, 2.75) is 32.2 Å². The predicted octanol–water partition coefficient (Wildman–Crippen LogP) is 6.30. The van der Waals surface area contributed by atoms with Gasteiger partial charge in [0.15, 0.2) is 5.82 Å². The molecule has 2 saturated heterocycles. The van der Waals surface area contributed by atoms with Crippen molar-refractivity contribution >= 4 is 58.6 Å². The summed E-state index contributed by atoms with van der Waals surface area (Å²) in [6, 6.07) is 14.1. The summed E-state index contributed by atoms with van der Waals surface area (Å²) in [5.41, 5.74) is 12.0. The maximum atomic E-state index is 13.5. The smallest absolute Gasteiger partial charge is 0.229 e. The van der Waals surface area contributed by atoms with E-state index in [1.54, 1.807) is 45.0 Å². The Hall–Kier alpha value is -3.89. The standard InChI is InChI=1S/C36H47ClN9O2P/c1-6-24-20-30(32(48-3)22-31(24)46-14-11-26(12-15-46)45-18-16-44(2)17-19-45)42-36-40-23-27(37)35(43-36)41-29-10-9-25(21-33(29)49(4,5)47)34-28(38)8-7-13-39-34/h7-10,13,20-23,26H,6,11-12,14-19,38H2,1-5H3,(H2,40,41,42,43). The lowest BCUT2D eigenvalue weighted by Crippen LogP contribution is -2.52. The van der Waals surface area contributed by atoms with Gasteiger partial charge in [0.25, 0.3) is 0 Å². The van der Waals surface area contributed by atoms with Crippen molar-refractivity contribution in [2.75, 3.05) is 88.0 Å². The monoisotopic (exact) mass is 703 g/mol. The first-order chi connectivity index (χ1) is 23.5. The summed E-state index contributed by atoms with van der Waals surface area (Å²) in [6.45, 7) is 12.3. The Balaban J connectivity index is 1.22. The van der Waals surface area contributed by atoms with Crippen LogP contribution in [-0.2, 0) is 11.0 Å². The van der Waals surface area contributed by atoms with Crippen LogP contribution in [0.15, 0.2) is 54.9 Å². The largest absolute Gasteiger partial charge is 0.494 e. The number of nitrogens with zero attached hydrogens (tertiary/aromatic N) is 6. The highest BCUT2D eigenvalue weighted by molar-refractivity contribution is 7.70. The third kappa shape index (κ3) is 7.96. The van der Waals surface area contributed by atoms with Crippen LogP contribution >= 0.6 is 18.7 Å². The summed E-state index contributed by atoms with van der Waals surface area (Å²) in [4.78, 5) is 21.2. The maximum absolute atomic E-state index is 13.5. The predicted molar refractivity (Wildman–Crippen MR) is 203 cm³/mol. The second kappa shape index (κ2) is 14.9. The quantitative estimate of drug-likeness (QED) is 0.161. The molecular weight excluding hydrogens is 657 g/mol. The number of halogens is 1. The number of benzene rings is 2. The molecule has 2 fully saturated rings. The molecule has 0 radical (unpaired) electrons. The van der Waals surface area contributed by atoms with E-state index in [2.05, 4.69) is 61.4 Å². The first-order valence-electron chi connectivity index (χ1n) is 16.9. The van der Waals surface area contributed by atoms with Crippen LogP contribution in [0.25, 0.3) is 11.3 Å². The van der Waals surface area contributed by atoms with Crippen LogP contribution in [0.2, 0.25) is 5.02 Å². The summed E-state index contributed by atoms with van der Waals surface area (Å²) in [7, 11) is 1.15. The Bertz CT molecular complexity index is 1840. The Morgan fingerprint density at radius 1 is 1.00 bits per heavy atom. The number of methoxy groups -OCH3 is 1. The second-order valence-corrected chi connectivity index (χ2v) is 16.8. The zero-order chi connectivity index (χ0) is 34.7. The van der Waals surface area contributed by atoms with Gasteiger partial charge >= 0.3 is 0 Å². The van der Waals surface area contributed by atoms with E-state index in [-0.39, 0.29) is 0 Å². The van der Waals surface area contributed by atoms with Crippen LogP contribution in [0.3, 0.4) is 0 Å². The highest BCUT2D eigenvalue weighted by Gasteiger charge is 2.28. The Morgan fingerprint density at radius 3 is 2.43 bits per heavy atom. The zero-order valence-electron chi connectivity index (χ0n) is 29.0. The highest BCUT2D eigenvalue weighted by Crippen LogP contribution is 2.41. The van der Waals surface area contributed by atoms with E-state index >= 15 is 0 Å². The molecule has 4 aromatic rings. The van der Waals surface area contributed by atoms with Gasteiger partial charge in [0.2, 0.25) is 5.95 Å². The number of hydrogen-bond acceptors (Lipinski definition) is 11. The van der Waals surface area contributed by atoms with Gasteiger partial charge in [0.1, 0.15) is 17.9 Å². The van der Waals surface area contributed by atoms with Crippen molar-refractivity contribution < 1.29 is 9.30 Å². The Morgan fingerprint density at radius 2 is 1.76 bits per heavy atom. The molecule has 2 aromatic carbocycles. The van der Waals surface area contributed by atoms with E-state index < -0.39 is 7.14 Å². The van der Waals surface area contributed by atoms with Crippen LogP contribution in [0.1, 0.15) is 25.3 Å². The molecule has 13 heteroatoms. The highest BCUT2D eigenvalue weighted by atomic mass is 35.5. The number of aryl methyl sites for hydroxylation is 1. The minimum atomic E-state index is -2.74. The van der Waals surface area contributed by atoms with Gasteiger partial charge in [0, 0.05) is 74.1 Å². The number of aromatic nitrogens is 3. The van der Waals surface area contributed by atoms with Crippen molar-refractivity contribution in [3.8, 4) is 17.0 Å². The second-order valence-electron chi connectivity index (χ2n) is 13.3. The average molecular weight is 704 g/mol. The molecule has 6 rings (SSSR count). The molecule has 2 aromatic heterocycles. The number of anilines is 6. The minimum absolute atomic E-state index is 0.327. The van der Waals surface area contributed by atoms with Crippen LogP contribution in [0.5, 0.6) is 5.75 Å². The van der Waals surface area contributed by atoms with Gasteiger partial charge in [-0.05, 0) is 75.5 Å². The summed E-state index contributed by atoms with van der Waals surface area (Å²) in [5.74, 6) is 1.45. The van der Waals surface area contributed by atoms with Gasteiger partial charge < -0.3 is 35.5 Å². The lowest BCUT2D eigenvalue weighted by molar-refractivity contribution is 0.0982. The van der Waals surface area contributed by atoms with Crippen LogP contribution < -0.4 is 31.3 Å². The van der Waals surface area contributed by atoms with Crippen molar-refractivity contribution in [1.29, 1.82) is 0 Å². The number of nitrogens with two attached hydrogens (primary N) is 1. The van der Waals surface area contributed by atoms with Crippen LogP contribution in [0, 0.1) is 0 Å². The van der Waals surface area contributed by atoms with Crippen molar-refractivity contribution in [2.24, 2.45) is 0 Å². The molecule has 4 N–H and O–H groups in total. The molecule has 0 bridgehead atoms. The number of rotatable bonds is 10. The molecule has 4 heterocycles. The minimum Gasteiger partial charge on any atom is -0.494 e. The number of piperazine rings is 1. The van der Waals surface area contributed by atoms with Gasteiger partial charge in [-0.3, -0.25) is 9.88 Å². The number of pyridine rings is 1. The third-order valence-corrected chi connectivity index (χ3v) is 11.4. The van der Waals surface area contributed by atoms with Gasteiger partial charge in [-0.2, -0.15) is 4.98 Å². The molecule has 11 nitrogen and oxygen atoms in total. The molecule has 2 aliphatic rings.